The molecule has 0 radical (unpaired) electrons. The Hall–Kier alpha value is -1.58. The van der Waals surface area contributed by atoms with Crippen LogP contribution in [0.5, 0.6) is 0 Å². The summed E-state index contributed by atoms with van der Waals surface area (Å²) in [6.07, 6.45) is 5.26. The number of carboxylic acid groups (broad SMARTS) is 1. The van der Waals surface area contributed by atoms with E-state index in [0.29, 0.717) is 6.61 Å². The molecular formula is C10H10O4. The van der Waals surface area contributed by atoms with E-state index in [0.717, 1.165) is 5.57 Å². The smallest absolute Gasteiger partial charge is 0.313 e. The maximum Gasteiger partial charge on any atom is 0.313 e. The fourth-order valence-corrected chi connectivity index (χ4v) is 1.78. The van der Waals surface area contributed by atoms with Gasteiger partial charge in [-0.15, -0.1) is 0 Å². The van der Waals surface area contributed by atoms with Crippen LogP contribution in [-0.2, 0) is 14.3 Å². The standard InChI is InChI=1S/C10H10O4/c11-9(12)4-6-1-2-8-7(3-6)5-14-10(8)13/h1-3,7-8H,4-5H2,(H,11,12). The first kappa shape index (κ1) is 8.99. The van der Waals surface area contributed by atoms with Gasteiger partial charge in [-0.2, -0.15) is 0 Å². The number of allylic oxidation sites excluding steroid dienone is 1. The van der Waals surface area contributed by atoms with Gasteiger partial charge >= 0.3 is 11.9 Å². The molecule has 0 aromatic rings. The van der Waals surface area contributed by atoms with E-state index < -0.39 is 5.97 Å². The Morgan fingerprint density at radius 2 is 2.43 bits per heavy atom. The summed E-state index contributed by atoms with van der Waals surface area (Å²) in [7, 11) is 0. The SMILES string of the molecule is O=C(O)CC1=CC2COC(=O)C2C=C1. The molecule has 1 saturated heterocycles. The number of aliphatic carboxylic acids is 1. The predicted molar refractivity (Wildman–Crippen MR) is 47.4 cm³/mol. The van der Waals surface area contributed by atoms with E-state index in [4.69, 9.17) is 9.84 Å². The maximum absolute atomic E-state index is 11.1. The van der Waals surface area contributed by atoms with Gasteiger partial charge in [-0.05, 0) is 5.57 Å². The second-order valence-electron chi connectivity index (χ2n) is 3.49. The average molecular weight is 194 g/mol. The molecule has 0 aromatic carbocycles. The lowest BCUT2D eigenvalue weighted by Gasteiger charge is -2.13. The van der Waals surface area contributed by atoms with Gasteiger partial charge in [0.2, 0.25) is 0 Å². The van der Waals surface area contributed by atoms with E-state index in [1.54, 1.807) is 12.2 Å². The van der Waals surface area contributed by atoms with Crippen LogP contribution < -0.4 is 0 Å². The molecule has 2 rings (SSSR count). The van der Waals surface area contributed by atoms with Crippen molar-refractivity contribution in [1.82, 2.24) is 0 Å². The Balaban J connectivity index is 2.12. The molecule has 2 aliphatic rings. The molecule has 1 aliphatic heterocycles. The number of rotatable bonds is 2. The van der Waals surface area contributed by atoms with Crippen LogP contribution in [0.3, 0.4) is 0 Å². The van der Waals surface area contributed by atoms with Crippen molar-refractivity contribution in [2.45, 2.75) is 6.42 Å². The summed E-state index contributed by atoms with van der Waals surface area (Å²) < 4.78 is 4.87. The maximum atomic E-state index is 11.1. The van der Waals surface area contributed by atoms with Crippen molar-refractivity contribution in [2.24, 2.45) is 11.8 Å². The number of esters is 1. The zero-order valence-corrected chi connectivity index (χ0v) is 7.47. The van der Waals surface area contributed by atoms with E-state index in [9.17, 15) is 9.59 Å². The summed E-state index contributed by atoms with van der Waals surface area (Å²) >= 11 is 0. The van der Waals surface area contributed by atoms with E-state index in [2.05, 4.69) is 0 Å². The molecule has 4 heteroatoms. The highest BCUT2D eigenvalue weighted by molar-refractivity contribution is 5.78. The van der Waals surface area contributed by atoms with Crippen molar-refractivity contribution in [3.05, 3.63) is 23.8 Å². The molecule has 4 nitrogen and oxygen atoms in total. The molecule has 14 heavy (non-hydrogen) atoms. The van der Waals surface area contributed by atoms with Gasteiger partial charge in [0, 0.05) is 5.92 Å². The minimum atomic E-state index is -0.857. The van der Waals surface area contributed by atoms with E-state index in [-0.39, 0.29) is 24.2 Å². The normalized spacial score (nSPS) is 29.4. The van der Waals surface area contributed by atoms with Crippen LogP contribution in [0.25, 0.3) is 0 Å². The van der Waals surface area contributed by atoms with Crippen LogP contribution in [-0.4, -0.2) is 23.7 Å². The molecule has 2 atom stereocenters. The van der Waals surface area contributed by atoms with Crippen LogP contribution in [0.1, 0.15) is 6.42 Å². The van der Waals surface area contributed by atoms with Crippen molar-refractivity contribution in [2.75, 3.05) is 6.61 Å². The average Bonchev–Trinajstić information content (AvgIpc) is 2.46. The third-order valence-electron chi connectivity index (χ3n) is 2.45. The first-order valence-electron chi connectivity index (χ1n) is 4.44. The van der Waals surface area contributed by atoms with Gasteiger partial charge in [0.15, 0.2) is 0 Å². The van der Waals surface area contributed by atoms with Crippen molar-refractivity contribution in [3.8, 4) is 0 Å². The second kappa shape index (κ2) is 3.29. The molecule has 0 aromatic heterocycles. The first-order chi connectivity index (χ1) is 6.66. The first-order valence-corrected chi connectivity index (χ1v) is 4.44. The summed E-state index contributed by atoms with van der Waals surface area (Å²) in [5, 5.41) is 8.59. The van der Waals surface area contributed by atoms with Gasteiger partial charge in [-0.25, -0.2) is 0 Å². The Labute approximate surface area is 80.9 Å². The van der Waals surface area contributed by atoms with E-state index in [1.807, 2.05) is 6.08 Å². The number of carbonyl (C=O) groups excluding carboxylic acids is 1. The summed E-state index contributed by atoms with van der Waals surface area (Å²) in [5.74, 6) is -1.24. The molecule has 1 heterocycles. The summed E-state index contributed by atoms with van der Waals surface area (Å²) in [5.41, 5.74) is 0.747. The number of ether oxygens (including phenoxy) is 1. The minimum absolute atomic E-state index is 0.00785. The van der Waals surface area contributed by atoms with Crippen LogP contribution in [0, 0.1) is 11.8 Å². The lowest BCUT2D eigenvalue weighted by Crippen LogP contribution is -2.15. The number of carbonyl (C=O) groups is 2. The molecule has 1 fully saturated rings. The molecule has 1 N–H and O–H groups in total. The van der Waals surface area contributed by atoms with Gasteiger partial charge < -0.3 is 9.84 Å². The van der Waals surface area contributed by atoms with Crippen molar-refractivity contribution < 1.29 is 19.4 Å². The number of hydrogen-bond acceptors (Lipinski definition) is 3. The molecule has 74 valence electrons. The Morgan fingerprint density at radius 3 is 3.14 bits per heavy atom. The van der Waals surface area contributed by atoms with Crippen molar-refractivity contribution in [3.63, 3.8) is 0 Å². The van der Waals surface area contributed by atoms with E-state index >= 15 is 0 Å². The monoisotopic (exact) mass is 194 g/mol. The molecule has 2 unspecified atom stereocenters. The minimum Gasteiger partial charge on any atom is -0.481 e. The number of carboxylic acids is 1. The Bertz CT molecular complexity index is 340. The zero-order valence-electron chi connectivity index (χ0n) is 7.47. The highest BCUT2D eigenvalue weighted by Crippen LogP contribution is 2.30. The lowest BCUT2D eigenvalue weighted by atomic mass is 9.87. The Morgan fingerprint density at radius 1 is 1.64 bits per heavy atom. The van der Waals surface area contributed by atoms with Crippen LogP contribution in [0.4, 0.5) is 0 Å². The Kier molecular flexibility index (Phi) is 2.11. The van der Waals surface area contributed by atoms with Crippen molar-refractivity contribution in [1.29, 1.82) is 0 Å². The van der Waals surface area contributed by atoms with Crippen molar-refractivity contribution >= 4 is 11.9 Å². The van der Waals surface area contributed by atoms with Gasteiger partial charge in [0.1, 0.15) is 0 Å². The topological polar surface area (TPSA) is 63.6 Å². The van der Waals surface area contributed by atoms with E-state index in [1.165, 1.54) is 0 Å². The van der Waals surface area contributed by atoms with Gasteiger partial charge in [0.25, 0.3) is 0 Å². The second-order valence-corrected chi connectivity index (χ2v) is 3.49. The highest BCUT2D eigenvalue weighted by Gasteiger charge is 2.35. The molecule has 1 aliphatic carbocycles. The summed E-state index contributed by atoms with van der Waals surface area (Å²) in [4.78, 5) is 21.6. The molecule has 0 spiro atoms. The molecule has 0 bridgehead atoms. The third kappa shape index (κ3) is 1.55. The fourth-order valence-electron chi connectivity index (χ4n) is 1.78. The third-order valence-corrected chi connectivity index (χ3v) is 2.45. The molecular weight excluding hydrogens is 184 g/mol. The van der Waals surface area contributed by atoms with Crippen LogP contribution in [0.15, 0.2) is 23.8 Å². The van der Waals surface area contributed by atoms with Crippen LogP contribution in [0.2, 0.25) is 0 Å². The lowest BCUT2D eigenvalue weighted by molar-refractivity contribution is -0.140. The molecule has 0 amide bonds. The number of hydrogen-bond donors (Lipinski definition) is 1. The summed E-state index contributed by atoms with van der Waals surface area (Å²) in [6.45, 7) is 0.372. The van der Waals surface area contributed by atoms with Gasteiger partial charge in [0.05, 0.1) is 18.9 Å². The zero-order chi connectivity index (χ0) is 10.1. The fraction of sp³-hybridized carbons (Fsp3) is 0.400. The number of fused-ring (bicyclic) bond motifs is 1. The largest absolute Gasteiger partial charge is 0.481 e. The molecule has 0 saturated carbocycles. The number of cyclic esters (lactones) is 1. The van der Waals surface area contributed by atoms with Gasteiger partial charge in [-0.3, -0.25) is 9.59 Å². The quantitative estimate of drug-likeness (QED) is 0.659. The summed E-state index contributed by atoms with van der Waals surface area (Å²) in [6, 6.07) is 0. The highest BCUT2D eigenvalue weighted by atomic mass is 16.5. The van der Waals surface area contributed by atoms with Crippen LogP contribution >= 0.6 is 0 Å². The van der Waals surface area contributed by atoms with Gasteiger partial charge in [-0.1, -0.05) is 18.2 Å². The predicted octanol–water partition coefficient (Wildman–Crippen LogP) is 0.747.